The van der Waals surface area contributed by atoms with E-state index in [0.29, 0.717) is 11.8 Å². The molecule has 0 spiro atoms. The van der Waals surface area contributed by atoms with Gasteiger partial charge < -0.3 is 15.7 Å². The van der Waals surface area contributed by atoms with E-state index >= 15 is 0 Å². The second-order valence-electron chi connectivity index (χ2n) is 4.53. The van der Waals surface area contributed by atoms with Gasteiger partial charge in [0.2, 0.25) is 5.95 Å². The number of benzene rings is 1. The summed E-state index contributed by atoms with van der Waals surface area (Å²) >= 11 is 0. The molecule has 1 atom stereocenters. The van der Waals surface area contributed by atoms with Gasteiger partial charge in [0.15, 0.2) is 5.82 Å². The van der Waals surface area contributed by atoms with Crippen molar-refractivity contribution in [2.24, 2.45) is 5.73 Å². The fourth-order valence-corrected chi connectivity index (χ4v) is 2.11. The Hall–Kier alpha value is -2.08. The topological polar surface area (TPSA) is 91.1 Å². The minimum atomic E-state index is 0.209. The van der Waals surface area contributed by atoms with Crippen LogP contribution < -0.4 is 10.6 Å². The molecule has 1 fully saturated rings. The normalized spacial score (nSPS) is 19.4. The summed E-state index contributed by atoms with van der Waals surface area (Å²) in [4.78, 5) is 6.52. The molecule has 18 heavy (non-hydrogen) atoms. The third-order valence-corrected chi connectivity index (χ3v) is 3.12. The minimum absolute atomic E-state index is 0.209. The lowest BCUT2D eigenvalue weighted by Gasteiger charge is -2.11. The van der Waals surface area contributed by atoms with E-state index in [1.807, 2.05) is 0 Å². The van der Waals surface area contributed by atoms with Crippen LogP contribution in [0, 0.1) is 0 Å². The Morgan fingerprint density at radius 2 is 2.11 bits per heavy atom. The molecule has 0 radical (unpaired) electrons. The van der Waals surface area contributed by atoms with Crippen molar-refractivity contribution < 1.29 is 5.11 Å². The number of phenols is 1. The Morgan fingerprint density at radius 1 is 1.33 bits per heavy atom. The lowest BCUT2D eigenvalue weighted by molar-refractivity contribution is 0.475. The first-order valence-electron chi connectivity index (χ1n) is 5.95. The van der Waals surface area contributed by atoms with Gasteiger partial charge in [-0.2, -0.15) is 4.98 Å². The van der Waals surface area contributed by atoms with Crippen molar-refractivity contribution in [3.05, 3.63) is 24.3 Å². The lowest BCUT2D eigenvalue weighted by atomic mass is 10.2. The summed E-state index contributed by atoms with van der Waals surface area (Å²) in [5, 5.41) is 16.4. The van der Waals surface area contributed by atoms with Gasteiger partial charge in [-0.05, 0) is 30.7 Å². The molecule has 0 saturated carbocycles. The summed E-state index contributed by atoms with van der Waals surface area (Å²) in [6, 6.07) is 7.07. The Labute approximate surface area is 104 Å². The van der Waals surface area contributed by atoms with E-state index in [0.717, 1.165) is 25.1 Å². The van der Waals surface area contributed by atoms with Crippen LogP contribution in [0.5, 0.6) is 5.75 Å². The molecular formula is C12H15N5O. The SMILES string of the molecule is NC1CCN(c2n[nH]c(-c3ccc(O)cc3)n2)C1. The summed E-state index contributed by atoms with van der Waals surface area (Å²) in [6.07, 6.45) is 0.975. The van der Waals surface area contributed by atoms with Gasteiger partial charge in [0.25, 0.3) is 0 Å². The summed E-state index contributed by atoms with van der Waals surface area (Å²) in [5.41, 5.74) is 6.76. The molecule has 94 valence electrons. The van der Waals surface area contributed by atoms with Gasteiger partial charge in [0.1, 0.15) is 5.75 Å². The highest BCUT2D eigenvalue weighted by Crippen LogP contribution is 2.21. The zero-order valence-electron chi connectivity index (χ0n) is 9.87. The molecule has 1 aromatic carbocycles. The first-order chi connectivity index (χ1) is 8.72. The lowest BCUT2D eigenvalue weighted by Crippen LogP contribution is -2.26. The molecular weight excluding hydrogens is 230 g/mol. The number of anilines is 1. The summed E-state index contributed by atoms with van der Waals surface area (Å²) in [7, 11) is 0. The Morgan fingerprint density at radius 3 is 2.78 bits per heavy atom. The van der Waals surface area contributed by atoms with Crippen molar-refractivity contribution in [1.82, 2.24) is 15.2 Å². The van der Waals surface area contributed by atoms with E-state index in [-0.39, 0.29) is 11.8 Å². The van der Waals surface area contributed by atoms with Crippen LogP contribution in [0.4, 0.5) is 5.95 Å². The molecule has 6 nitrogen and oxygen atoms in total. The molecule has 1 unspecified atom stereocenters. The van der Waals surface area contributed by atoms with Gasteiger partial charge in [-0.1, -0.05) is 0 Å². The Bertz CT molecular complexity index is 536. The number of aromatic amines is 1. The fraction of sp³-hybridized carbons (Fsp3) is 0.333. The van der Waals surface area contributed by atoms with Crippen LogP contribution in [-0.4, -0.2) is 39.4 Å². The summed E-state index contributed by atoms with van der Waals surface area (Å²) in [6.45, 7) is 1.70. The number of hydrogen-bond donors (Lipinski definition) is 3. The minimum Gasteiger partial charge on any atom is -0.508 e. The van der Waals surface area contributed by atoms with Crippen molar-refractivity contribution in [1.29, 1.82) is 0 Å². The largest absolute Gasteiger partial charge is 0.508 e. The molecule has 2 aromatic rings. The molecule has 4 N–H and O–H groups in total. The summed E-state index contributed by atoms with van der Waals surface area (Å²) < 4.78 is 0. The van der Waals surface area contributed by atoms with Crippen molar-refractivity contribution in [3.8, 4) is 17.1 Å². The number of rotatable bonds is 2. The van der Waals surface area contributed by atoms with Gasteiger partial charge in [0, 0.05) is 24.7 Å². The number of hydrogen-bond acceptors (Lipinski definition) is 5. The molecule has 0 aliphatic carbocycles. The Balaban J connectivity index is 1.83. The van der Waals surface area contributed by atoms with Crippen LogP contribution in [0.1, 0.15) is 6.42 Å². The second kappa shape index (κ2) is 4.30. The number of nitrogens with one attached hydrogen (secondary N) is 1. The maximum Gasteiger partial charge on any atom is 0.245 e. The van der Waals surface area contributed by atoms with Gasteiger partial charge in [-0.15, -0.1) is 5.10 Å². The highest BCUT2D eigenvalue weighted by atomic mass is 16.3. The van der Waals surface area contributed by atoms with Crippen LogP contribution in [0.3, 0.4) is 0 Å². The first-order valence-corrected chi connectivity index (χ1v) is 5.95. The van der Waals surface area contributed by atoms with E-state index in [1.165, 1.54) is 0 Å². The van der Waals surface area contributed by atoms with E-state index < -0.39 is 0 Å². The first kappa shape index (κ1) is 11.0. The molecule has 1 aliphatic rings. The fourth-order valence-electron chi connectivity index (χ4n) is 2.11. The van der Waals surface area contributed by atoms with E-state index in [4.69, 9.17) is 5.73 Å². The van der Waals surface area contributed by atoms with Gasteiger partial charge >= 0.3 is 0 Å². The van der Waals surface area contributed by atoms with E-state index in [9.17, 15) is 5.11 Å². The van der Waals surface area contributed by atoms with E-state index in [1.54, 1.807) is 24.3 Å². The standard InChI is InChI=1S/C12H15N5O/c13-9-5-6-17(7-9)12-14-11(15-16-12)8-1-3-10(18)4-2-8/h1-4,9,18H,5-7,13H2,(H,14,15,16). The van der Waals surface area contributed by atoms with Gasteiger partial charge in [-0.25, -0.2) is 0 Å². The van der Waals surface area contributed by atoms with Crippen molar-refractivity contribution in [2.45, 2.75) is 12.5 Å². The predicted octanol–water partition coefficient (Wildman–Crippen LogP) is 0.715. The zero-order valence-corrected chi connectivity index (χ0v) is 9.87. The van der Waals surface area contributed by atoms with Crippen molar-refractivity contribution >= 4 is 5.95 Å². The maximum absolute atomic E-state index is 9.24. The number of nitrogens with zero attached hydrogens (tertiary/aromatic N) is 3. The number of phenolic OH excluding ortho intramolecular Hbond substituents is 1. The van der Waals surface area contributed by atoms with E-state index in [2.05, 4.69) is 20.1 Å². The number of nitrogens with two attached hydrogens (primary N) is 1. The number of H-pyrrole nitrogens is 1. The molecule has 0 amide bonds. The van der Waals surface area contributed by atoms with Crippen LogP contribution in [0.2, 0.25) is 0 Å². The van der Waals surface area contributed by atoms with Crippen LogP contribution >= 0.6 is 0 Å². The van der Waals surface area contributed by atoms with Crippen LogP contribution in [0.15, 0.2) is 24.3 Å². The van der Waals surface area contributed by atoms with Gasteiger partial charge in [-0.3, -0.25) is 5.10 Å². The molecule has 3 rings (SSSR count). The third kappa shape index (κ3) is 2.02. The Kier molecular flexibility index (Phi) is 2.64. The smallest absolute Gasteiger partial charge is 0.245 e. The monoisotopic (exact) mass is 245 g/mol. The number of aromatic hydroxyl groups is 1. The molecule has 1 aliphatic heterocycles. The maximum atomic E-state index is 9.24. The molecule has 1 saturated heterocycles. The van der Waals surface area contributed by atoms with Crippen LogP contribution in [-0.2, 0) is 0 Å². The average Bonchev–Trinajstić information content (AvgIpc) is 2.98. The van der Waals surface area contributed by atoms with Crippen molar-refractivity contribution in [2.75, 3.05) is 18.0 Å². The quantitative estimate of drug-likeness (QED) is 0.725. The molecule has 1 aromatic heterocycles. The van der Waals surface area contributed by atoms with Crippen LogP contribution in [0.25, 0.3) is 11.4 Å². The summed E-state index contributed by atoms with van der Waals surface area (Å²) in [5.74, 6) is 1.63. The highest BCUT2D eigenvalue weighted by molar-refractivity contribution is 5.57. The van der Waals surface area contributed by atoms with Gasteiger partial charge in [0.05, 0.1) is 0 Å². The predicted molar refractivity (Wildman–Crippen MR) is 68.3 cm³/mol. The molecule has 0 bridgehead atoms. The second-order valence-corrected chi connectivity index (χ2v) is 4.53. The average molecular weight is 245 g/mol. The third-order valence-electron chi connectivity index (χ3n) is 3.12. The highest BCUT2D eigenvalue weighted by Gasteiger charge is 2.22. The molecule has 6 heteroatoms. The number of aromatic nitrogens is 3. The van der Waals surface area contributed by atoms with Crippen molar-refractivity contribution in [3.63, 3.8) is 0 Å². The zero-order chi connectivity index (χ0) is 12.5. The molecule has 2 heterocycles.